The quantitative estimate of drug-likeness (QED) is 0.358. The molecule has 0 N–H and O–H groups in total. The number of rotatable bonds is 4. The average Bonchev–Trinajstić information content (AvgIpc) is 2.85. The fraction of sp³-hybridized carbons (Fsp3) is 0.0370. The van der Waals surface area contributed by atoms with Crippen molar-refractivity contribution >= 4 is 0 Å². The molecular weight excluding hydrogens is 380 g/mol. The Balaban J connectivity index is 1.45. The van der Waals surface area contributed by atoms with Crippen LogP contribution in [0.3, 0.4) is 0 Å². The fourth-order valence-corrected chi connectivity index (χ4v) is 3.54. The van der Waals surface area contributed by atoms with Crippen molar-refractivity contribution in [1.29, 1.82) is 0 Å². The molecule has 2 aromatic heterocycles. The van der Waals surface area contributed by atoms with Crippen LogP contribution < -0.4 is 0 Å². The molecule has 0 amide bonds. The van der Waals surface area contributed by atoms with Crippen LogP contribution in [0.4, 0.5) is 0 Å². The van der Waals surface area contributed by atoms with Crippen molar-refractivity contribution in [3.63, 3.8) is 0 Å². The van der Waals surface area contributed by atoms with E-state index >= 15 is 0 Å². The van der Waals surface area contributed by atoms with Crippen LogP contribution in [0.1, 0.15) is 5.82 Å². The molecule has 0 aliphatic heterocycles. The van der Waals surface area contributed by atoms with E-state index < -0.39 is 0 Å². The molecule has 0 aliphatic carbocycles. The monoisotopic (exact) mass is 400 g/mol. The van der Waals surface area contributed by atoms with Crippen LogP contribution in [0.25, 0.3) is 45.0 Å². The zero-order valence-corrected chi connectivity index (χ0v) is 17.1. The van der Waals surface area contributed by atoms with Crippen molar-refractivity contribution in [3.8, 4) is 45.0 Å². The molecule has 0 saturated heterocycles. The van der Waals surface area contributed by atoms with Crippen LogP contribution in [-0.2, 0) is 0 Å². The largest absolute Gasteiger partial charge is 0.265 e. The maximum absolute atomic E-state index is 4.75. The summed E-state index contributed by atoms with van der Waals surface area (Å²) < 4.78 is 0. The third kappa shape index (κ3) is 4.09. The summed E-state index contributed by atoms with van der Waals surface area (Å²) in [6.07, 6.45) is 3.60. The van der Waals surface area contributed by atoms with Crippen LogP contribution in [-0.4, -0.2) is 19.9 Å². The summed E-state index contributed by atoms with van der Waals surface area (Å²) >= 11 is 0. The normalized spacial score (nSPS) is 10.7. The Bertz CT molecular complexity index is 1200. The Labute approximate surface area is 181 Å². The summed E-state index contributed by atoms with van der Waals surface area (Å²) in [5.41, 5.74) is 6.56. The second kappa shape index (κ2) is 8.28. The summed E-state index contributed by atoms with van der Waals surface area (Å²) in [5, 5.41) is 0. The van der Waals surface area contributed by atoms with Gasteiger partial charge >= 0.3 is 0 Å². The first-order valence-electron chi connectivity index (χ1n) is 10.2. The van der Waals surface area contributed by atoms with E-state index in [4.69, 9.17) is 4.98 Å². The van der Waals surface area contributed by atoms with Gasteiger partial charge in [-0.1, -0.05) is 78.9 Å². The lowest BCUT2D eigenvalue weighted by atomic mass is 10.0. The highest BCUT2D eigenvalue weighted by atomic mass is 15.0. The molecule has 0 radical (unpaired) electrons. The van der Waals surface area contributed by atoms with Crippen molar-refractivity contribution in [2.45, 2.75) is 6.92 Å². The van der Waals surface area contributed by atoms with E-state index in [2.05, 4.69) is 63.5 Å². The molecule has 2 heterocycles. The van der Waals surface area contributed by atoms with Crippen LogP contribution in [0.5, 0.6) is 0 Å². The first-order chi connectivity index (χ1) is 15.3. The van der Waals surface area contributed by atoms with E-state index in [0.29, 0.717) is 17.5 Å². The highest BCUT2D eigenvalue weighted by Crippen LogP contribution is 2.26. The van der Waals surface area contributed by atoms with Gasteiger partial charge in [0.05, 0.1) is 0 Å². The van der Waals surface area contributed by atoms with Crippen molar-refractivity contribution < 1.29 is 0 Å². The molecular formula is C27H20N4. The number of aromatic nitrogens is 4. The molecule has 5 aromatic rings. The van der Waals surface area contributed by atoms with E-state index in [-0.39, 0.29) is 0 Å². The third-order valence-corrected chi connectivity index (χ3v) is 5.15. The van der Waals surface area contributed by atoms with E-state index in [1.165, 1.54) is 11.1 Å². The third-order valence-electron chi connectivity index (χ3n) is 5.15. The van der Waals surface area contributed by atoms with Crippen molar-refractivity contribution in [2.24, 2.45) is 0 Å². The minimum Gasteiger partial charge on any atom is -0.265 e. The Morgan fingerprint density at radius 3 is 1.35 bits per heavy atom. The fourth-order valence-electron chi connectivity index (χ4n) is 3.54. The molecule has 148 valence electrons. The molecule has 0 bridgehead atoms. The molecule has 0 saturated carbocycles. The summed E-state index contributed by atoms with van der Waals surface area (Å²) in [6.45, 7) is 1.90. The average molecular weight is 400 g/mol. The first kappa shape index (κ1) is 18.8. The maximum atomic E-state index is 4.75. The van der Waals surface area contributed by atoms with E-state index in [1.54, 1.807) is 12.4 Å². The Hall–Kier alpha value is -4.18. The van der Waals surface area contributed by atoms with Gasteiger partial charge in [0.25, 0.3) is 0 Å². The second-order valence-electron chi connectivity index (χ2n) is 7.29. The highest BCUT2D eigenvalue weighted by molar-refractivity contribution is 5.70. The topological polar surface area (TPSA) is 51.6 Å². The highest BCUT2D eigenvalue weighted by Gasteiger charge is 2.09. The van der Waals surface area contributed by atoms with Crippen LogP contribution in [0.15, 0.2) is 103 Å². The van der Waals surface area contributed by atoms with Crippen molar-refractivity contribution in [3.05, 3.63) is 109 Å². The molecule has 0 spiro atoms. The lowest BCUT2D eigenvalue weighted by molar-refractivity contribution is 0.992. The molecule has 4 heteroatoms. The minimum atomic E-state index is 0.677. The number of hydrogen-bond acceptors (Lipinski definition) is 4. The molecule has 0 unspecified atom stereocenters. The predicted octanol–water partition coefficient (Wildman–Crippen LogP) is 6.24. The maximum Gasteiger partial charge on any atom is 0.163 e. The molecule has 0 aliphatic rings. The first-order valence-corrected chi connectivity index (χ1v) is 10.2. The minimum absolute atomic E-state index is 0.677. The molecule has 31 heavy (non-hydrogen) atoms. The molecule has 5 rings (SSSR count). The smallest absolute Gasteiger partial charge is 0.163 e. The summed E-state index contributed by atoms with van der Waals surface area (Å²) in [4.78, 5) is 18.0. The lowest BCUT2D eigenvalue weighted by Gasteiger charge is -2.08. The second-order valence-corrected chi connectivity index (χ2v) is 7.29. The van der Waals surface area contributed by atoms with Gasteiger partial charge in [0.1, 0.15) is 5.82 Å². The SMILES string of the molecule is Cc1nc(-c2ccc(-c3ccccc3)cc2)nc(-c2ccc(-c3ccncc3)cc2)n1. The Morgan fingerprint density at radius 1 is 0.419 bits per heavy atom. The molecule has 4 nitrogen and oxygen atoms in total. The van der Waals surface area contributed by atoms with Crippen LogP contribution in [0.2, 0.25) is 0 Å². The predicted molar refractivity (Wildman–Crippen MR) is 124 cm³/mol. The Kier molecular flexibility index (Phi) is 5.03. The zero-order valence-electron chi connectivity index (χ0n) is 17.1. The summed E-state index contributed by atoms with van der Waals surface area (Å²) in [5.74, 6) is 2.06. The molecule has 0 fully saturated rings. The van der Waals surface area contributed by atoms with E-state index in [0.717, 1.165) is 22.3 Å². The van der Waals surface area contributed by atoms with Gasteiger partial charge in [-0.2, -0.15) is 0 Å². The molecule has 3 aromatic carbocycles. The van der Waals surface area contributed by atoms with E-state index in [1.807, 2.05) is 49.4 Å². The summed E-state index contributed by atoms with van der Waals surface area (Å²) in [7, 11) is 0. The number of aryl methyl sites for hydroxylation is 1. The van der Waals surface area contributed by atoms with Gasteiger partial charge in [-0.25, -0.2) is 15.0 Å². The van der Waals surface area contributed by atoms with Crippen LogP contribution >= 0.6 is 0 Å². The van der Waals surface area contributed by atoms with Crippen molar-refractivity contribution in [1.82, 2.24) is 19.9 Å². The number of pyridine rings is 1. The van der Waals surface area contributed by atoms with Gasteiger partial charge in [-0.15, -0.1) is 0 Å². The number of nitrogens with zero attached hydrogens (tertiary/aromatic N) is 4. The van der Waals surface area contributed by atoms with Gasteiger partial charge in [0.15, 0.2) is 11.6 Å². The van der Waals surface area contributed by atoms with E-state index in [9.17, 15) is 0 Å². The van der Waals surface area contributed by atoms with Gasteiger partial charge in [0.2, 0.25) is 0 Å². The zero-order chi connectivity index (χ0) is 21.0. The molecule has 0 atom stereocenters. The van der Waals surface area contributed by atoms with Gasteiger partial charge < -0.3 is 0 Å². The summed E-state index contributed by atoms with van der Waals surface area (Å²) in [6, 6.07) is 30.9. The van der Waals surface area contributed by atoms with Crippen molar-refractivity contribution in [2.75, 3.05) is 0 Å². The Morgan fingerprint density at radius 2 is 0.839 bits per heavy atom. The lowest BCUT2D eigenvalue weighted by Crippen LogP contribution is -1.99. The number of benzene rings is 3. The van der Waals surface area contributed by atoms with Crippen LogP contribution in [0, 0.1) is 6.92 Å². The van der Waals surface area contributed by atoms with Gasteiger partial charge in [0, 0.05) is 23.5 Å². The standard InChI is InChI=1S/C27H20N4/c1-19-29-26(24-11-7-21(8-12-24)20-5-3-2-4-6-20)31-27(30-19)25-13-9-22(10-14-25)23-15-17-28-18-16-23/h2-18H,1H3. The van der Waals surface area contributed by atoms with Gasteiger partial charge in [-0.3, -0.25) is 4.98 Å². The number of hydrogen-bond donors (Lipinski definition) is 0. The van der Waals surface area contributed by atoms with Gasteiger partial charge in [-0.05, 0) is 41.3 Å².